The van der Waals surface area contributed by atoms with Gasteiger partial charge in [0.05, 0.1) is 25.3 Å². The highest BCUT2D eigenvalue weighted by molar-refractivity contribution is 5.97. The summed E-state index contributed by atoms with van der Waals surface area (Å²) < 4.78 is 11.6. The average Bonchev–Trinajstić information content (AvgIpc) is 2.79. The minimum Gasteiger partial charge on any atom is -0.495 e. The fraction of sp³-hybridized carbons (Fsp3) is 0.440. The molecular weight excluding hydrogens is 406 g/mol. The van der Waals surface area contributed by atoms with Gasteiger partial charge in [-0.3, -0.25) is 4.79 Å². The van der Waals surface area contributed by atoms with Crippen LogP contribution >= 0.6 is 0 Å². The molecular formula is C25H31N3O4. The van der Waals surface area contributed by atoms with E-state index in [0.717, 1.165) is 5.56 Å². The van der Waals surface area contributed by atoms with Crippen LogP contribution in [0.5, 0.6) is 11.6 Å². The maximum atomic E-state index is 13.4. The second kappa shape index (κ2) is 10.5. The summed E-state index contributed by atoms with van der Waals surface area (Å²) in [5.41, 5.74) is 1.70. The molecule has 0 bridgehead atoms. The molecule has 7 heteroatoms. The van der Waals surface area contributed by atoms with E-state index in [4.69, 9.17) is 9.47 Å². The second-order valence-corrected chi connectivity index (χ2v) is 8.41. The van der Waals surface area contributed by atoms with Gasteiger partial charge in [0.25, 0.3) is 5.91 Å². The van der Waals surface area contributed by atoms with Crippen molar-refractivity contribution in [3.63, 3.8) is 0 Å². The molecule has 0 saturated heterocycles. The third-order valence-corrected chi connectivity index (χ3v) is 5.51. The van der Waals surface area contributed by atoms with Crippen molar-refractivity contribution in [1.82, 2.24) is 14.8 Å². The number of carbonyl (C=O) groups is 1. The SMILES string of the molecule is COc1ccccc1C#Cc1cnc2c(c1)C(=O)N([C@@H](C)CO)C[C@@H](C)[C@@H](CN(C)C)O2. The number of ether oxygens (including phenoxy) is 2. The highest BCUT2D eigenvalue weighted by Crippen LogP contribution is 2.27. The van der Waals surface area contributed by atoms with Crippen molar-refractivity contribution in [2.75, 3.05) is 40.9 Å². The molecule has 0 spiro atoms. The van der Waals surface area contributed by atoms with Crippen LogP contribution < -0.4 is 9.47 Å². The van der Waals surface area contributed by atoms with Gasteiger partial charge in [-0.2, -0.15) is 0 Å². The fourth-order valence-corrected chi connectivity index (χ4v) is 3.64. The monoisotopic (exact) mass is 437 g/mol. The molecule has 0 saturated carbocycles. The summed E-state index contributed by atoms with van der Waals surface area (Å²) in [5.74, 6) is 6.99. The molecule has 1 aliphatic rings. The highest BCUT2D eigenvalue weighted by Gasteiger charge is 2.33. The number of carbonyl (C=O) groups excluding carboxylic acids is 1. The first kappa shape index (κ1) is 23.6. The molecule has 2 heterocycles. The van der Waals surface area contributed by atoms with E-state index >= 15 is 0 Å². The third kappa shape index (κ3) is 5.39. The Morgan fingerprint density at radius 3 is 2.78 bits per heavy atom. The molecule has 3 rings (SSSR count). The van der Waals surface area contributed by atoms with Crippen LogP contribution in [-0.4, -0.2) is 78.8 Å². The number of aliphatic hydroxyl groups excluding tert-OH is 1. The Morgan fingerprint density at radius 2 is 2.09 bits per heavy atom. The van der Waals surface area contributed by atoms with E-state index in [2.05, 4.69) is 28.6 Å². The van der Waals surface area contributed by atoms with Crippen LogP contribution in [0.1, 0.15) is 35.3 Å². The van der Waals surface area contributed by atoms with Gasteiger partial charge in [-0.15, -0.1) is 0 Å². The maximum absolute atomic E-state index is 13.4. The number of hydrogen-bond donors (Lipinski definition) is 1. The number of aromatic nitrogens is 1. The van der Waals surface area contributed by atoms with Gasteiger partial charge in [-0.25, -0.2) is 4.98 Å². The Bertz CT molecular complexity index is 1010. The van der Waals surface area contributed by atoms with E-state index in [9.17, 15) is 9.90 Å². The van der Waals surface area contributed by atoms with Gasteiger partial charge in [-0.1, -0.05) is 30.9 Å². The minimum atomic E-state index is -0.320. The average molecular weight is 438 g/mol. The molecule has 0 unspecified atom stereocenters. The number of amides is 1. The van der Waals surface area contributed by atoms with Crippen LogP contribution in [0.25, 0.3) is 0 Å². The van der Waals surface area contributed by atoms with E-state index in [1.807, 2.05) is 45.3 Å². The second-order valence-electron chi connectivity index (χ2n) is 8.41. The summed E-state index contributed by atoms with van der Waals surface area (Å²) >= 11 is 0. The van der Waals surface area contributed by atoms with Crippen molar-refractivity contribution in [1.29, 1.82) is 0 Å². The lowest BCUT2D eigenvalue weighted by molar-refractivity contribution is 0.0348. The number of hydrogen-bond acceptors (Lipinski definition) is 6. The molecule has 0 radical (unpaired) electrons. The number of fused-ring (bicyclic) bond motifs is 1. The zero-order chi connectivity index (χ0) is 23.3. The molecule has 1 aromatic carbocycles. The largest absolute Gasteiger partial charge is 0.495 e. The topological polar surface area (TPSA) is 75.1 Å². The predicted molar refractivity (Wildman–Crippen MR) is 123 cm³/mol. The van der Waals surface area contributed by atoms with Gasteiger partial charge in [0, 0.05) is 30.8 Å². The lowest BCUT2D eigenvalue weighted by Gasteiger charge is -2.37. The van der Waals surface area contributed by atoms with E-state index in [-0.39, 0.29) is 30.6 Å². The van der Waals surface area contributed by atoms with Crippen molar-refractivity contribution >= 4 is 5.91 Å². The van der Waals surface area contributed by atoms with Gasteiger partial charge in [0.15, 0.2) is 0 Å². The summed E-state index contributed by atoms with van der Waals surface area (Å²) in [7, 11) is 5.57. The quantitative estimate of drug-likeness (QED) is 0.724. The molecule has 3 atom stereocenters. The minimum absolute atomic E-state index is 0.0651. The molecule has 170 valence electrons. The standard InChI is InChI=1S/C25H31N3O4/c1-17-14-28(18(2)16-29)25(30)21-12-19(10-11-20-8-6-7-9-22(20)31-5)13-26-24(21)32-23(17)15-27(3)4/h6-9,12-13,17-18,23,29H,14-16H2,1-5H3/t17-,18+,23-/m1/s1. The number of aliphatic hydroxyl groups is 1. The molecule has 0 fully saturated rings. The number of benzene rings is 1. The van der Waals surface area contributed by atoms with Crippen molar-refractivity contribution in [2.45, 2.75) is 26.0 Å². The summed E-state index contributed by atoms with van der Waals surface area (Å²) in [6.45, 7) is 4.94. The van der Waals surface area contributed by atoms with E-state index in [1.165, 1.54) is 0 Å². The third-order valence-electron chi connectivity index (χ3n) is 5.51. The lowest BCUT2D eigenvalue weighted by Crippen LogP contribution is -2.49. The molecule has 0 aliphatic carbocycles. The number of methoxy groups -OCH3 is 1. The van der Waals surface area contributed by atoms with Crippen LogP contribution in [0.2, 0.25) is 0 Å². The number of nitrogens with zero attached hydrogens (tertiary/aromatic N) is 3. The van der Waals surface area contributed by atoms with Crippen LogP contribution in [0.3, 0.4) is 0 Å². The molecule has 7 nitrogen and oxygen atoms in total. The Morgan fingerprint density at radius 1 is 1.34 bits per heavy atom. The van der Waals surface area contributed by atoms with Gasteiger partial charge in [-0.05, 0) is 39.2 Å². The van der Waals surface area contributed by atoms with Crippen LogP contribution in [-0.2, 0) is 0 Å². The molecule has 1 amide bonds. The van der Waals surface area contributed by atoms with Crippen molar-refractivity contribution in [3.05, 3.63) is 53.2 Å². The molecule has 1 N–H and O–H groups in total. The number of rotatable bonds is 5. The summed E-state index contributed by atoms with van der Waals surface area (Å²) in [5, 5.41) is 9.74. The summed E-state index contributed by atoms with van der Waals surface area (Å²) in [4.78, 5) is 21.6. The number of para-hydroxylation sites is 1. The van der Waals surface area contributed by atoms with Gasteiger partial charge in [0.2, 0.25) is 5.88 Å². The number of likely N-dealkylation sites (N-methyl/N-ethyl adjacent to an activating group) is 1. The molecule has 2 aromatic rings. The Balaban J connectivity index is 2.02. The van der Waals surface area contributed by atoms with Crippen LogP contribution in [0.4, 0.5) is 0 Å². The summed E-state index contributed by atoms with van der Waals surface area (Å²) in [6.07, 6.45) is 1.47. The summed E-state index contributed by atoms with van der Waals surface area (Å²) in [6, 6.07) is 8.89. The van der Waals surface area contributed by atoms with E-state index in [0.29, 0.717) is 35.8 Å². The zero-order valence-corrected chi connectivity index (χ0v) is 19.3. The Hall–Kier alpha value is -3.08. The highest BCUT2D eigenvalue weighted by atomic mass is 16.5. The van der Waals surface area contributed by atoms with Crippen LogP contribution in [0.15, 0.2) is 36.5 Å². The Kier molecular flexibility index (Phi) is 7.73. The smallest absolute Gasteiger partial charge is 0.259 e. The predicted octanol–water partition coefficient (Wildman–Crippen LogP) is 2.27. The Labute approximate surface area is 190 Å². The molecule has 1 aliphatic heterocycles. The molecule has 1 aromatic heterocycles. The number of pyridine rings is 1. The van der Waals surface area contributed by atoms with Gasteiger partial charge < -0.3 is 24.4 Å². The van der Waals surface area contributed by atoms with Crippen molar-refractivity contribution in [3.8, 4) is 23.5 Å². The maximum Gasteiger partial charge on any atom is 0.259 e. The zero-order valence-electron chi connectivity index (χ0n) is 19.3. The van der Waals surface area contributed by atoms with Crippen molar-refractivity contribution in [2.24, 2.45) is 5.92 Å². The first-order chi connectivity index (χ1) is 15.3. The van der Waals surface area contributed by atoms with Crippen molar-refractivity contribution < 1.29 is 19.4 Å². The lowest BCUT2D eigenvalue weighted by atomic mass is 10.00. The first-order valence-electron chi connectivity index (χ1n) is 10.7. The van der Waals surface area contributed by atoms with Gasteiger partial charge >= 0.3 is 0 Å². The van der Waals surface area contributed by atoms with Crippen LogP contribution in [0, 0.1) is 17.8 Å². The molecule has 32 heavy (non-hydrogen) atoms. The fourth-order valence-electron chi connectivity index (χ4n) is 3.64. The normalized spacial score (nSPS) is 19.2. The van der Waals surface area contributed by atoms with E-state index in [1.54, 1.807) is 24.3 Å². The van der Waals surface area contributed by atoms with Gasteiger partial charge in [0.1, 0.15) is 17.4 Å². The first-order valence-corrected chi connectivity index (χ1v) is 10.7. The van der Waals surface area contributed by atoms with E-state index < -0.39 is 0 Å².